The minimum Gasteiger partial charge on any atom is -0.383 e. The zero-order chi connectivity index (χ0) is 12.8. The van der Waals surface area contributed by atoms with E-state index < -0.39 is 0 Å². The third-order valence-corrected chi connectivity index (χ3v) is 2.09. The molecule has 0 aliphatic heterocycles. The summed E-state index contributed by atoms with van der Waals surface area (Å²) >= 11 is 0. The van der Waals surface area contributed by atoms with Crippen LogP contribution >= 0.6 is 24.0 Å². The second kappa shape index (κ2) is 16.9. The van der Waals surface area contributed by atoms with Crippen molar-refractivity contribution < 1.29 is 9.47 Å². The highest BCUT2D eigenvalue weighted by molar-refractivity contribution is 14.0. The van der Waals surface area contributed by atoms with Crippen molar-refractivity contribution in [3.8, 4) is 0 Å². The Bertz CT molecular complexity index is 192. The van der Waals surface area contributed by atoms with Crippen LogP contribution < -0.4 is 10.6 Å². The Labute approximate surface area is 128 Å². The van der Waals surface area contributed by atoms with Crippen LogP contribution in [0.1, 0.15) is 26.7 Å². The van der Waals surface area contributed by atoms with Crippen LogP contribution in [0.3, 0.4) is 0 Å². The lowest BCUT2D eigenvalue weighted by Crippen LogP contribution is -2.39. The Hall–Kier alpha value is -0.0800. The van der Waals surface area contributed by atoms with Crippen LogP contribution in [0, 0.1) is 0 Å². The molecule has 0 rings (SSSR count). The molecule has 0 amide bonds. The fraction of sp³-hybridized carbons (Fsp3) is 0.917. The number of rotatable bonds is 10. The van der Waals surface area contributed by atoms with Crippen LogP contribution in [-0.2, 0) is 9.47 Å². The molecule has 0 aliphatic carbocycles. The van der Waals surface area contributed by atoms with Crippen molar-refractivity contribution in [2.24, 2.45) is 4.99 Å². The minimum absolute atomic E-state index is 0. The Morgan fingerprint density at radius 3 is 2.50 bits per heavy atom. The van der Waals surface area contributed by atoms with E-state index in [1.807, 2.05) is 6.92 Å². The summed E-state index contributed by atoms with van der Waals surface area (Å²) in [7, 11) is 1.69. The fourth-order valence-corrected chi connectivity index (χ4v) is 1.18. The average molecular weight is 373 g/mol. The van der Waals surface area contributed by atoms with Gasteiger partial charge in [0.1, 0.15) is 0 Å². The molecule has 0 bridgehead atoms. The third kappa shape index (κ3) is 14.0. The Morgan fingerprint density at radius 1 is 1.11 bits per heavy atom. The predicted molar refractivity (Wildman–Crippen MR) is 87.0 cm³/mol. The molecule has 0 saturated heterocycles. The SMILES string of the molecule is CCCCOCCN=C(NCC)NCCOC.I. The van der Waals surface area contributed by atoms with Crippen LogP contribution in [0.15, 0.2) is 4.99 Å². The molecular weight excluding hydrogens is 345 g/mol. The highest BCUT2D eigenvalue weighted by atomic mass is 127. The average Bonchev–Trinajstić information content (AvgIpc) is 2.34. The van der Waals surface area contributed by atoms with Gasteiger partial charge in [0.15, 0.2) is 5.96 Å². The summed E-state index contributed by atoms with van der Waals surface area (Å²) in [6.07, 6.45) is 2.29. The van der Waals surface area contributed by atoms with Crippen molar-refractivity contribution in [2.75, 3.05) is 46.6 Å². The van der Waals surface area contributed by atoms with Crippen molar-refractivity contribution in [3.05, 3.63) is 0 Å². The maximum Gasteiger partial charge on any atom is 0.191 e. The van der Waals surface area contributed by atoms with E-state index in [2.05, 4.69) is 22.5 Å². The monoisotopic (exact) mass is 373 g/mol. The second-order valence-electron chi connectivity index (χ2n) is 3.65. The standard InChI is InChI=1S/C12H27N3O2.HI/c1-4-6-9-17-11-8-15-12(13-5-2)14-7-10-16-3;/h4-11H2,1-3H3,(H2,13,14,15);1H. The van der Waals surface area contributed by atoms with Gasteiger partial charge in [-0.3, -0.25) is 4.99 Å². The summed E-state index contributed by atoms with van der Waals surface area (Å²) in [6, 6.07) is 0. The lowest BCUT2D eigenvalue weighted by atomic mass is 10.4. The molecule has 0 unspecified atom stereocenters. The van der Waals surface area contributed by atoms with Gasteiger partial charge >= 0.3 is 0 Å². The maximum absolute atomic E-state index is 5.44. The van der Waals surface area contributed by atoms with Gasteiger partial charge in [0.05, 0.1) is 19.8 Å². The number of hydrogen-bond acceptors (Lipinski definition) is 3. The number of guanidine groups is 1. The van der Waals surface area contributed by atoms with E-state index in [1.54, 1.807) is 7.11 Å². The van der Waals surface area contributed by atoms with Gasteiger partial charge in [-0.2, -0.15) is 0 Å². The molecule has 0 aromatic rings. The third-order valence-electron chi connectivity index (χ3n) is 2.09. The molecule has 6 heteroatoms. The molecule has 5 nitrogen and oxygen atoms in total. The van der Waals surface area contributed by atoms with Crippen molar-refractivity contribution in [1.82, 2.24) is 10.6 Å². The molecule has 110 valence electrons. The Kier molecular flexibility index (Phi) is 19.0. The first-order valence-electron chi connectivity index (χ1n) is 6.44. The van der Waals surface area contributed by atoms with Gasteiger partial charge in [-0.1, -0.05) is 13.3 Å². The van der Waals surface area contributed by atoms with Crippen LogP contribution in [0.2, 0.25) is 0 Å². The van der Waals surface area contributed by atoms with E-state index >= 15 is 0 Å². The molecule has 18 heavy (non-hydrogen) atoms. The van der Waals surface area contributed by atoms with Crippen molar-refractivity contribution in [1.29, 1.82) is 0 Å². The number of hydrogen-bond donors (Lipinski definition) is 2. The quantitative estimate of drug-likeness (QED) is 0.265. The lowest BCUT2D eigenvalue weighted by molar-refractivity contribution is 0.138. The van der Waals surface area contributed by atoms with E-state index in [0.717, 1.165) is 32.1 Å². The summed E-state index contributed by atoms with van der Waals surface area (Å²) in [5, 5.41) is 6.35. The van der Waals surface area contributed by atoms with Crippen molar-refractivity contribution in [3.63, 3.8) is 0 Å². The topological polar surface area (TPSA) is 54.9 Å². The minimum atomic E-state index is 0. The van der Waals surface area contributed by atoms with E-state index in [-0.39, 0.29) is 24.0 Å². The van der Waals surface area contributed by atoms with Crippen LogP contribution in [0.25, 0.3) is 0 Å². The van der Waals surface area contributed by atoms with E-state index in [1.165, 1.54) is 6.42 Å². The lowest BCUT2D eigenvalue weighted by Gasteiger charge is -2.10. The number of ether oxygens (including phenoxy) is 2. The first-order valence-corrected chi connectivity index (χ1v) is 6.44. The molecule has 0 aromatic carbocycles. The summed E-state index contributed by atoms with van der Waals surface area (Å²) in [5.41, 5.74) is 0. The molecule has 0 radical (unpaired) electrons. The molecule has 0 aromatic heterocycles. The van der Waals surface area contributed by atoms with Gasteiger partial charge in [0.2, 0.25) is 0 Å². The summed E-state index contributed by atoms with van der Waals surface area (Å²) in [5.74, 6) is 0.823. The van der Waals surface area contributed by atoms with Crippen molar-refractivity contribution in [2.45, 2.75) is 26.7 Å². The summed E-state index contributed by atoms with van der Waals surface area (Å²) in [6.45, 7) is 8.70. The maximum atomic E-state index is 5.44. The number of unbranched alkanes of at least 4 members (excludes halogenated alkanes) is 1. The Balaban J connectivity index is 0. The van der Waals surface area contributed by atoms with Crippen molar-refractivity contribution >= 4 is 29.9 Å². The zero-order valence-corrected chi connectivity index (χ0v) is 14.2. The summed E-state index contributed by atoms with van der Waals surface area (Å²) in [4.78, 5) is 4.40. The molecule has 0 spiro atoms. The Morgan fingerprint density at radius 2 is 1.89 bits per heavy atom. The largest absolute Gasteiger partial charge is 0.383 e. The molecule has 0 fully saturated rings. The van der Waals surface area contributed by atoms with E-state index in [0.29, 0.717) is 19.8 Å². The zero-order valence-electron chi connectivity index (χ0n) is 11.8. The van der Waals surface area contributed by atoms with Crippen LogP contribution in [0.5, 0.6) is 0 Å². The fourth-order valence-electron chi connectivity index (χ4n) is 1.18. The normalized spacial score (nSPS) is 10.9. The summed E-state index contributed by atoms with van der Waals surface area (Å²) < 4.78 is 10.4. The number of aliphatic imine (C=N–C) groups is 1. The number of nitrogens with one attached hydrogen (secondary N) is 2. The van der Waals surface area contributed by atoms with Gasteiger partial charge in [-0.25, -0.2) is 0 Å². The van der Waals surface area contributed by atoms with Crippen LogP contribution in [-0.4, -0.2) is 52.5 Å². The molecule has 0 aliphatic rings. The van der Waals surface area contributed by atoms with Gasteiger partial charge in [-0.15, -0.1) is 24.0 Å². The van der Waals surface area contributed by atoms with Gasteiger partial charge < -0.3 is 20.1 Å². The highest BCUT2D eigenvalue weighted by Crippen LogP contribution is 1.87. The van der Waals surface area contributed by atoms with Gasteiger partial charge in [0, 0.05) is 26.8 Å². The molecule has 0 atom stereocenters. The van der Waals surface area contributed by atoms with E-state index in [9.17, 15) is 0 Å². The molecule has 2 N–H and O–H groups in total. The van der Waals surface area contributed by atoms with Gasteiger partial charge in [0.25, 0.3) is 0 Å². The number of methoxy groups -OCH3 is 1. The molecular formula is C12H28IN3O2. The van der Waals surface area contributed by atoms with Crippen LogP contribution in [0.4, 0.5) is 0 Å². The first kappa shape index (κ1) is 20.2. The number of nitrogens with zero attached hydrogens (tertiary/aromatic N) is 1. The second-order valence-corrected chi connectivity index (χ2v) is 3.65. The smallest absolute Gasteiger partial charge is 0.191 e. The highest BCUT2D eigenvalue weighted by Gasteiger charge is 1.95. The predicted octanol–water partition coefficient (Wildman–Crippen LogP) is 1.62. The molecule has 0 heterocycles. The van der Waals surface area contributed by atoms with Gasteiger partial charge in [-0.05, 0) is 13.3 Å². The number of halogens is 1. The first-order chi connectivity index (χ1) is 8.35. The molecule has 0 saturated carbocycles. The van der Waals surface area contributed by atoms with E-state index in [4.69, 9.17) is 9.47 Å².